The Balaban J connectivity index is 2.78. The van der Waals surface area contributed by atoms with Crippen LogP contribution in [0.25, 0.3) is 0 Å². The summed E-state index contributed by atoms with van der Waals surface area (Å²) in [5.74, 6) is 0.306. The second-order valence-electron chi connectivity index (χ2n) is 6.17. The average molecular weight is 255 g/mol. The maximum atomic E-state index is 12.5. The van der Waals surface area contributed by atoms with Crippen molar-refractivity contribution in [1.29, 1.82) is 0 Å². The van der Waals surface area contributed by atoms with Crippen molar-refractivity contribution in [3.05, 3.63) is 0 Å². The van der Waals surface area contributed by atoms with Crippen molar-refractivity contribution < 1.29 is 4.79 Å². The molecule has 0 spiro atoms. The Morgan fingerprint density at radius 1 is 1.33 bits per heavy atom. The highest BCUT2D eigenvalue weighted by molar-refractivity contribution is 5.82. The van der Waals surface area contributed by atoms with Gasteiger partial charge >= 0.3 is 0 Å². The topological polar surface area (TPSA) is 49.6 Å². The third kappa shape index (κ3) is 3.69. The number of nitrogens with two attached hydrogens (primary N) is 1. The van der Waals surface area contributed by atoms with Crippen molar-refractivity contribution in [2.45, 2.75) is 58.7 Å². The van der Waals surface area contributed by atoms with Gasteiger partial charge in [-0.05, 0) is 46.2 Å². The van der Waals surface area contributed by atoms with Crippen LogP contribution in [0.1, 0.15) is 40.5 Å². The number of nitrogens with zero attached hydrogens (tertiary/aromatic N) is 2. The lowest BCUT2D eigenvalue weighted by atomic mass is 9.98. The molecule has 1 saturated heterocycles. The summed E-state index contributed by atoms with van der Waals surface area (Å²) in [6.45, 7) is 10.3. The Morgan fingerprint density at radius 3 is 2.39 bits per heavy atom. The molecule has 1 amide bonds. The van der Waals surface area contributed by atoms with Crippen LogP contribution in [0.3, 0.4) is 0 Å². The van der Waals surface area contributed by atoms with Crippen molar-refractivity contribution >= 4 is 5.91 Å². The van der Waals surface area contributed by atoms with Crippen LogP contribution in [0.2, 0.25) is 0 Å². The summed E-state index contributed by atoms with van der Waals surface area (Å²) >= 11 is 0. The molecule has 4 heteroatoms. The van der Waals surface area contributed by atoms with E-state index >= 15 is 0 Å². The molecule has 0 aliphatic carbocycles. The van der Waals surface area contributed by atoms with Crippen LogP contribution in [0, 0.1) is 5.92 Å². The fourth-order valence-electron chi connectivity index (χ4n) is 2.68. The van der Waals surface area contributed by atoms with Crippen molar-refractivity contribution in [2.24, 2.45) is 11.7 Å². The van der Waals surface area contributed by atoms with Crippen LogP contribution in [0.5, 0.6) is 0 Å². The zero-order valence-corrected chi connectivity index (χ0v) is 12.5. The molecular formula is C14H29N3O. The highest BCUT2D eigenvalue weighted by Crippen LogP contribution is 2.19. The minimum absolute atomic E-state index is 0.111. The molecule has 2 N–H and O–H groups in total. The number of hydrogen-bond donors (Lipinski definition) is 1. The molecule has 1 unspecified atom stereocenters. The Hall–Kier alpha value is -0.610. The van der Waals surface area contributed by atoms with Gasteiger partial charge in [0.25, 0.3) is 0 Å². The van der Waals surface area contributed by atoms with E-state index in [9.17, 15) is 4.79 Å². The number of carbonyl (C=O) groups is 1. The number of carbonyl (C=O) groups excluding carboxylic acids is 1. The maximum Gasteiger partial charge on any atom is 0.240 e. The molecule has 1 fully saturated rings. The summed E-state index contributed by atoms with van der Waals surface area (Å²) < 4.78 is 0. The number of amides is 1. The van der Waals surface area contributed by atoms with Crippen LogP contribution >= 0.6 is 0 Å². The van der Waals surface area contributed by atoms with E-state index in [1.54, 1.807) is 0 Å². The lowest BCUT2D eigenvalue weighted by Gasteiger charge is -2.41. The Morgan fingerprint density at radius 2 is 1.94 bits per heavy atom. The van der Waals surface area contributed by atoms with Gasteiger partial charge in [-0.1, -0.05) is 13.8 Å². The molecule has 1 rings (SSSR count). The van der Waals surface area contributed by atoms with Gasteiger partial charge in [-0.3, -0.25) is 4.79 Å². The fraction of sp³-hybridized carbons (Fsp3) is 0.929. The van der Waals surface area contributed by atoms with E-state index in [-0.39, 0.29) is 23.9 Å². The van der Waals surface area contributed by atoms with Gasteiger partial charge in [0.05, 0.1) is 6.04 Å². The summed E-state index contributed by atoms with van der Waals surface area (Å²) in [6, 6.07) is 0.166. The summed E-state index contributed by atoms with van der Waals surface area (Å²) in [7, 11) is 2.12. The minimum Gasteiger partial charge on any atom is -0.335 e. The van der Waals surface area contributed by atoms with E-state index < -0.39 is 0 Å². The predicted octanol–water partition coefficient (Wildman–Crippen LogP) is 1.30. The van der Waals surface area contributed by atoms with Gasteiger partial charge in [0.2, 0.25) is 5.91 Å². The second-order valence-corrected chi connectivity index (χ2v) is 6.17. The first-order valence-electron chi connectivity index (χ1n) is 7.11. The molecule has 0 aromatic heterocycles. The molecular weight excluding hydrogens is 226 g/mol. The van der Waals surface area contributed by atoms with Gasteiger partial charge in [-0.25, -0.2) is 0 Å². The molecule has 0 aromatic carbocycles. The molecule has 2 atom stereocenters. The molecule has 0 saturated carbocycles. The molecule has 1 aliphatic rings. The van der Waals surface area contributed by atoms with E-state index in [0.717, 1.165) is 25.9 Å². The monoisotopic (exact) mass is 255 g/mol. The molecule has 106 valence electrons. The summed E-state index contributed by atoms with van der Waals surface area (Å²) in [4.78, 5) is 16.8. The van der Waals surface area contributed by atoms with Gasteiger partial charge in [0.1, 0.15) is 0 Å². The van der Waals surface area contributed by atoms with E-state index in [1.165, 1.54) is 0 Å². The Kier molecular flexibility index (Phi) is 5.60. The lowest BCUT2D eigenvalue weighted by Crippen LogP contribution is -2.57. The Labute approximate surface area is 111 Å². The van der Waals surface area contributed by atoms with Crippen LogP contribution in [0.4, 0.5) is 0 Å². The zero-order chi connectivity index (χ0) is 13.9. The van der Waals surface area contributed by atoms with E-state index in [4.69, 9.17) is 5.73 Å². The van der Waals surface area contributed by atoms with Gasteiger partial charge < -0.3 is 15.5 Å². The highest BCUT2D eigenvalue weighted by Gasteiger charge is 2.32. The summed E-state index contributed by atoms with van der Waals surface area (Å²) in [5.41, 5.74) is 6.04. The quantitative estimate of drug-likeness (QED) is 0.824. The van der Waals surface area contributed by atoms with Crippen LogP contribution < -0.4 is 5.73 Å². The molecule has 4 nitrogen and oxygen atoms in total. The number of likely N-dealkylation sites (N-methyl/N-ethyl adjacent to an activating group) is 1. The fourth-order valence-corrected chi connectivity index (χ4v) is 2.68. The van der Waals surface area contributed by atoms with Gasteiger partial charge in [-0.2, -0.15) is 0 Å². The van der Waals surface area contributed by atoms with Gasteiger partial charge in [0.15, 0.2) is 0 Å². The standard InChI is InChI=1S/C14H29N3O/c1-10(2)13(15)14(18)17(11(3)4)12-7-6-8-16(5)9-12/h10-13H,6-9,15H2,1-5H3/t12-,13?/m0/s1. The first-order chi connectivity index (χ1) is 8.34. The normalized spacial score (nSPS) is 23.4. The maximum absolute atomic E-state index is 12.5. The largest absolute Gasteiger partial charge is 0.335 e. The first-order valence-corrected chi connectivity index (χ1v) is 7.11. The summed E-state index contributed by atoms with van der Waals surface area (Å²) in [5, 5.41) is 0. The molecule has 18 heavy (non-hydrogen) atoms. The van der Waals surface area contributed by atoms with Crippen molar-refractivity contribution in [3.8, 4) is 0 Å². The summed E-state index contributed by atoms with van der Waals surface area (Å²) in [6.07, 6.45) is 2.26. The minimum atomic E-state index is -0.375. The van der Waals surface area contributed by atoms with Crippen molar-refractivity contribution in [3.63, 3.8) is 0 Å². The third-order valence-electron chi connectivity index (χ3n) is 3.81. The van der Waals surface area contributed by atoms with Crippen LogP contribution in [0.15, 0.2) is 0 Å². The van der Waals surface area contributed by atoms with E-state index in [1.807, 2.05) is 18.7 Å². The van der Waals surface area contributed by atoms with Crippen LogP contribution in [-0.2, 0) is 4.79 Å². The highest BCUT2D eigenvalue weighted by atomic mass is 16.2. The molecule has 1 aliphatic heterocycles. The van der Waals surface area contributed by atoms with E-state index in [0.29, 0.717) is 6.04 Å². The average Bonchev–Trinajstić information content (AvgIpc) is 2.27. The Bertz CT molecular complexity index is 278. The van der Waals surface area contributed by atoms with Gasteiger partial charge in [-0.15, -0.1) is 0 Å². The predicted molar refractivity (Wildman–Crippen MR) is 75.3 cm³/mol. The molecule has 1 heterocycles. The van der Waals surface area contributed by atoms with Crippen molar-refractivity contribution in [2.75, 3.05) is 20.1 Å². The first kappa shape index (κ1) is 15.4. The zero-order valence-electron chi connectivity index (χ0n) is 12.5. The third-order valence-corrected chi connectivity index (χ3v) is 3.81. The number of rotatable bonds is 4. The molecule has 0 aromatic rings. The number of likely N-dealkylation sites (tertiary alicyclic amines) is 1. The van der Waals surface area contributed by atoms with E-state index in [2.05, 4.69) is 25.8 Å². The second kappa shape index (κ2) is 6.53. The molecule has 0 radical (unpaired) electrons. The van der Waals surface area contributed by atoms with Gasteiger partial charge in [0, 0.05) is 18.6 Å². The molecule has 0 bridgehead atoms. The number of piperidine rings is 1. The number of hydrogen-bond acceptors (Lipinski definition) is 3. The smallest absolute Gasteiger partial charge is 0.240 e. The van der Waals surface area contributed by atoms with Crippen LogP contribution in [-0.4, -0.2) is 54.0 Å². The van der Waals surface area contributed by atoms with Crippen molar-refractivity contribution in [1.82, 2.24) is 9.80 Å². The SMILES string of the molecule is CC(C)C(N)C(=O)N(C(C)C)[C@H]1CCCN(C)C1. The lowest BCUT2D eigenvalue weighted by molar-refractivity contribution is -0.139.